The third kappa shape index (κ3) is 6.14. The number of rotatable bonds is 8. The number of carbonyl (C=O) groups excluding carboxylic acids is 1. The molecule has 10 nitrogen and oxygen atoms in total. The smallest absolute Gasteiger partial charge is 0.364 e. The lowest BCUT2D eigenvalue weighted by atomic mass is 10.1. The summed E-state index contributed by atoms with van der Waals surface area (Å²) in [5, 5.41) is 14.6. The summed E-state index contributed by atoms with van der Waals surface area (Å²) < 4.78 is 0. The lowest BCUT2D eigenvalue weighted by molar-refractivity contribution is -0.138. The van der Waals surface area contributed by atoms with E-state index >= 15 is 0 Å². The van der Waals surface area contributed by atoms with E-state index in [1.54, 1.807) is 0 Å². The number of nitrogens with two attached hydrogens (primary N) is 1. The topological polar surface area (TPSA) is 155 Å². The van der Waals surface area contributed by atoms with E-state index in [0.717, 1.165) is 0 Å². The molecule has 0 aliphatic rings. The van der Waals surface area contributed by atoms with E-state index in [4.69, 9.17) is 10.8 Å². The molecule has 0 saturated carbocycles. The van der Waals surface area contributed by atoms with E-state index in [9.17, 15) is 19.4 Å². The molecule has 2 amide bonds. The number of nitrogens with one attached hydrogen (secondary N) is 1. The van der Waals surface area contributed by atoms with Crippen molar-refractivity contribution < 1.29 is 14.7 Å². The number of amides is 2. The van der Waals surface area contributed by atoms with Crippen LogP contribution in [0.4, 0.5) is 4.79 Å². The minimum atomic E-state index is -1.09. The van der Waals surface area contributed by atoms with E-state index in [1.165, 1.54) is 0 Å². The highest BCUT2D eigenvalue weighted by Gasteiger charge is 2.14. The van der Waals surface area contributed by atoms with Crippen molar-refractivity contribution in [1.29, 1.82) is 0 Å². The van der Waals surface area contributed by atoms with Crippen LogP contribution in [0, 0.1) is 9.81 Å². The molecule has 0 spiro atoms. The molecular weight excluding hydrogens is 234 g/mol. The molecule has 0 fully saturated rings. The summed E-state index contributed by atoms with van der Waals surface area (Å²) in [5.74, 6) is -1.09. The van der Waals surface area contributed by atoms with Crippen LogP contribution in [0.2, 0.25) is 0 Å². The van der Waals surface area contributed by atoms with Gasteiger partial charge >= 0.3 is 12.0 Å². The molecule has 0 aromatic heterocycles. The van der Waals surface area contributed by atoms with Gasteiger partial charge in [0.2, 0.25) is 0 Å². The first-order valence-electron chi connectivity index (χ1n) is 4.75. The van der Waals surface area contributed by atoms with Gasteiger partial charge in [-0.05, 0) is 24.4 Å². The Morgan fingerprint density at radius 3 is 2.35 bits per heavy atom. The fraction of sp³-hybridized carbons (Fsp3) is 0.714. The van der Waals surface area contributed by atoms with Crippen molar-refractivity contribution in [3.63, 3.8) is 0 Å². The van der Waals surface area contributed by atoms with Gasteiger partial charge in [0.15, 0.2) is 0 Å². The molecule has 0 heterocycles. The van der Waals surface area contributed by atoms with E-state index in [1.807, 2.05) is 0 Å². The van der Waals surface area contributed by atoms with Gasteiger partial charge in [0.05, 0.1) is 10.6 Å². The SMILES string of the molecule is N[C@@H](CCCCNC(=O)N(N=O)N=O)C(=O)O. The molecule has 0 aromatic rings. The summed E-state index contributed by atoms with van der Waals surface area (Å²) in [6.07, 6.45) is 1.21. The van der Waals surface area contributed by atoms with Crippen molar-refractivity contribution in [2.75, 3.05) is 6.54 Å². The number of aliphatic carboxylic acids is 1. The molecule has 0 bridgehead atoms. The summed E-state index contributed by atoms with van der Waals surface area (Å²) in [4.78, 5) is 41.0. The van der Waals surface area contributed by atoms with Crippen LogP contribution in [0.15, 0.2) is 10.6 Å². The summed E-state index contributed by atoms with van der Waals surface area (Å²) in [5.41, 5.74) is 5.24. The van der Waals surface area contributed by atoms with Crippen LogP contribution in [0.5, 0.6) is 0 Å². The molecule has 0 saturated heterocycles. The summed E-state index contributed by atoms with van der Waals surface area (Å²) in [7, 11) is 0. The molecule has 4 N–H and O–H groups in total. The molecule has 0 aliphatic heterocycles. The normalized spacial score (nSPS) is 11.4. The summed E-state index contributed by atoms with van der Waals surface area (Å²) >= 11 is 0. The number of urea groups is 1. The Morgan fingerprint density at radius 1 is 1.29 bits per heavy atom. The molecule has 10 heteroatoms. The van der Waals surface area contributed by atoms with Crippen LogP contribution in [-0.4, -0.2) is 34.8 Å². The Morgan fingerprint density at radius 2 is 1.88 bits per heavy atom. The second-order valence-electron chi connectivity index (χ2n) is 3.13. The average molecular weight is 247 g/mol. The molecule has 0 aromatic carbocycles. The molecule has 0 aliphatic carbocycles. The van der Waals surface area contributed by atoms with Gasteiger partial charge in [-0.1, -0.05) is 0 Å². The van der Waals surface area contributed by atoms with Crippen molar-refractivity contribution in [1.82, 2.24) is 10.4 Å². The maximum Gasteiger partial charge on any atom is 0.364 e. The number of hydrogen-bond acceptors (Lipinski definition) is 7. The number of carboxylic acid groups (broad SMARTS) is 1. The predicted octanol–water partition coefficient (Wildman–Crippen LogP) is -0.0570. The number of hydrogen-bond donors (Lipinski definition) is 3. The monoisotopic (exact) mass is 247 g/mol. The Kier molecular flexibility index (Phi) is 7.10. The third-order valence-electron chi connectivity index (χ3n) is 1.87. The maximum absolute atomic E-state index is 10.9. The molecule has 0 radical (unpaired) electrons. The van der Waals surface area contributed by atoms with Crippen LogP contribution < -0.4 is 11.1 Å². The molecule has 96 valence electrons. The van der Waals surface area contributed by atoms with E-state index in [-0.39, 0.29) is 18.1 Å². The van der Waals surface area contributed by atoms with Crippen molar-refractivity contribution in [2.45, 2.75) is 25.3 Å². The standard InChI is InChI=1S/C7H13N5O5/c8-5(6(13)14)3-1-2-4-9-7(15)12(10-16)11-17/h5H,1-4,8H2,(H,9,15)(H,13,14)/t5-/m0/s1. The Labute approximate surface area is 96.0 Å². The highest BCUT2D eigenvalue weighted by molar-refractivity contribution is 5.73. The zero-order valence-electron chi connectivity index (χ0n) is 8.90. The Bertz CT molecular complexity index is 288. The van der Waals surface area contributed by atoms with Gasteiger partial charge in [0.1, 0.15) is 6.04 Å². The summed E-state index contributed by atoms with van der Waals surface area (Å²) in [6, 6.07) is -1.96. The van der Waals surface area contributed by atoms with Crippen molar-refractivity contribution >= 4 is 12.0 Å². The van der Waals surface area contributed by atoms with Crippen LogP contribution in [0.3, 0.4) is 0 Å². The van der Waals surface area contributed by atoms with Crippen molar-refractivity contribution in [3.05, 3.63) is 9.81 Å². The zero-order valence-corrected chi connectivity index (χ0v) is 8.90. The van der Waals surface area contributed by atoms with Gasteiger partial charge in [0, 0.05) is 6.54 Å². The minimum absolute atomic E-state index is 0.159. The largest absolute Gasteiger partial charge is 0.480 e. The lowest BCUT2D eigenvalue weighted by Gasteiger charge is -2.07. The first-order valence-corrected chi connectivity index (χ1v) is 4.75. The summed E-state index contributed by atoms with van der Waals surface area (Å²) in [6.45, 7) is 0.159. The van der Waals surface area contributed by atoms with Crippen LogP contribution in [-0.2, 0) is 4.79 Å². The van der Waals surface area contributed by atoms with Gasteiger partial charge < -0.3 is 16.2 Å². The van der Waals surface area contributed by atoms with Gasteiger partial charge in [-0.15, -0.1) is 9.81 Å². The van der Waals surface area contributed by atoms with E-state index < -0.39 is 18.0 Å². The van der Waals surface area contributed by atoms with E-state index in [2.05, 4.69) is 15.9 Å². The van der Waals surface area contributed by atoms with Gasteiger partial charge in [-0.3, -0.25) is 4.79 Å². The molecule has 0 rings (SSSR count). The molecular formula is C7H13N5O5. The first kappa shape index (κ1) is 14.9. The van der Waals surface area contributed by atoms with Crippen molar-refractivity contribution in [2.24, 2.45) is 16.3 Å². The van der Waals surface area contributed by atoms with Gasteiger partial charge in [-0.25, -0.2) is 4.79 Å². The average Bonchev–Trinajstić information content (AvgIpc) is 2.29. The number of nitrogens with zero attached hydrogens (tertiary/aromatic N) is 3. The van der Waals surface area contributed by atoms with Crippen LogP contribution >= 0.6 is 0 Å². The molecule has 0 unspecified atom stereocenters. The van der Waals surface area contributed by atoms with Crippen LogP contribution in [0.1, 0.15) is 19.3 Å². The second-order valence-corrected chi connectivity index (χ2v) is 3.13. The second kappa shape index (κ2) is 8.10. The van der Waals surface area contributed by atoms with Crippen LogP contribution in [0.25, 0.3) is 0 Å². The fourth-order valence-corrected chi connectivity index (χ4v) is 0.968. The lowest BCUT2D eigenvalue weighted by Crippen LogP contribution is -2.34. The Hall–Kier alpha value is -2.10. The molecule has 17 heavy (non-hydrogen) atoms. The van der Waals surface area contributed by atoms with Crippen molar-refractivity contribution in [3.8, 4) is 0 Å². The fourth-order valence-electron chi connectivity index (χ4n) is 0.968. The number of nitroso groups, excluding NO2 is 2. The van der Waals surface area contributed by atoms with Gasteiger partial charge in [0.25, 0.3) is 0 Å². The minimum Gasteiger partial charge on any atom is -0.480 e. The number of carbonyl (C=O) groups is 2. The predicted molar refractivity (Wildman–Crippen MR) is 56.3 cm³/mol. The highest BCUT2D eigenvalue weighted by Crippen LogP contribution is 1.99. The first-order chi connectivity index (χ1) is 8.02. The highest BCUT2D eigenvalue weighted by atomic mass is 16.4. The number of carboxylic acids is 1. The quantitative estimate of drug-likeness (QED) is 0.310. The Balaban J connectivity index is 3.64. The molecule has 1 atom stereocenters. The maximum atomic E-state index is 10.9. The third-order valence-corrected chi connectivity index (χ3v) is 1.87. The van der Waals surface area contributed by atoms with E-state index in [0.29, 0.717) is 12.8 Å². The van der Waals surface area contributed by atoms with Gasteiger partial charge in [-0.2, -0.15) is 0 Å². The number of unbranched alkanes of at least 4 members (excludes halogenated alkanes) is 1. The zero-order chi connectivity index (χ0) is 13.3.